The predicted molar refractivity (Wildman–Crippen MR) is 67.0 cm³/mol. The molecule has 1 fully saturated rings. The van der Waals surface area contributed by atoms with Crippen molar-refractivity contribution in [3.05, 3.63) is 24.0 Å². The van der Waals surface area contributed by atoms with Gasteiger partial charge in [0, 0.05) is 12.7 Å². The minimum absolute atomic E-state index is 0.114. The highest BCUT2D eigenvalue weighted by Gasteiger charge is 2.29. The highest BCUT2D eigenvalue weighted by atomic mass is 19.4. The summed E-state index contributed by atoms with van der Waals surface area (Å²) in [6, 6.07) is 4.38. The molecule has 1 atom stereocenters. The van der Waals surface area contributed by atoms with E-state index in [1.54, 1.807) is 6.07 Å². The molecule has 3 rings (SSSR count). The fourth-order valence-electron chi connectivity index (χ4n) is 2.02. The van der Waals surface area contributed by atoms with Crippen LogP contribution in [0.15, 0.2) is 22.7 Å². The van der Waals surface area contributed by atoms with Gasteiger partial charge in [0.1, 0.15) is 11.8 Å². The predicted octanol–water partition coefficient (Wildman–Crippen LogP) is 2.92. The number of aromatic nitrogens is 3. The van der Waals surface area contributed by atoms with Gasteiger partial charge < -0.3 is 14.0 Å². The molecule has 0 aromatic carbocycles. The zero-order chi connectivity index (χ0) is 15.6. The molecule has 0 saturated carbocycles. The number of pyridine rings is 1. The van der Waals surface area contributed by atoms with Gasteiger partial charge in [-0.05, 0) is 18.9 Å². The molecular weight excluding hydrogens is 303 g/mol. The molecule has 0 bridgehead atoms. The maximum absolute atomic E-state index is 12.1. The molecule has 0 spiro atoms. The molecule has 2 aromatic heterocycles. The first-order valence-corrected chi connectivity index (χ1v) is 6.63. The Bertz CT molecular complexity index is 639. The third kappa shape index (κ3) is 3.53. The van der Waals surface area contributed by atoms with Crippen LogP contribution in [-0.4, -0.2) is 34.5 Å². The summed E-state index contributed by atoms with van der Waals surface area (Å²) < 4.78 is 51.5. The van der Waals surface area contributed by atoms with Gasteiger partial charge in [0.2, 0.25) is 11.7 Å². The van der Waals surface area contributed by atoms with Gasteiger partial charge in [0.15, 0.2) is 6.61 Å². The zero-order valence-electron chi connectivity index (χ0n) is 11.3. The lowest BCUT2D eigenvalue weighted by molar-refractivity contribution is -0.154. The van der Waals surface area contributed by atoms with Crippen molar-refractivity contribution in [3.63, 3.8) is 0 Å². The summed E-state index contributed by atoms with van der Waals surface area (Å²) in [7, 11) is 0. The second-order valence-corrected chi connectivity index (χ2v) is 4.72. The van der Waals surface area contributed by atoms with Crippen LogP contribution in [-0.2, 0) is 4.74 Å². The van der Waals surface area contributed by atoms with E-state index in [0.29, 0.717) is 12.4 Å². The van der Waals surface area contributed by atoms with Crippen LogP contribution in [0, 0.1) is 0 Å². The summed E-state index contributed by atoms with van der Waals surface area (Å²) in [6.45, 7) is -0.762. The van der Waals surface area contributed by atoms with E-state index in [1.807, 2.05) is 0 Å². The molecule has 0 aliphatic carbocycles. The van der Waals surface area contributed by atoms with E-state index >= 15 is 0 Å². The van der Waals surface area contributed by atoms with Crippen molar-refractivity contribution in [1.82, 2.24) is 15.1 Å². The van der Waals surface area contributed by atoms with Crippen LogP contribution >= 0.6 is 0 Å². The maximum Gasteiger partial charge on any atom is 0.422 e. The summed E-state index contributed by atoms with van der Waals surface area (Å²) >= 11 is 0. The molecule has 2 aromatic rings. The summed E-state index contributed by atoms with van der Waals surface area (Å²) in [6.07, 6.45) is -2.90. The molecule has 3 heterocycles. The first-order valence-electron chi connectivity index (χ1n) is 6.63. The molecule has 118 valence electrons. The molecule has 1 aliphatic heterocycles. The van der Waals surface area contributed by atoms with Crippen LogP contribution in [0.5, 0.6) is 5.88 Å². The molecule has 0 amide bonds. The zero-order valence-corrected chi connectivity index (χ0v) is 11.3. The van der Waals surface area contributed by atoms with Crippen molar-refractivity contribution >= 4 is 0 Å². The highest BCUT2D eigenvalue weighted by molar-refractivity contribution is 5.47. The molecule has 0 radical (unpaired) electrons. The molecule has 6 nitrogen and oxygen atoms in total. The van der Waals surface area contributed by atoms with Crippen LogP contribution in [0.25, 0.3) is 11.6 Å². The monoisotopic (exact) mass is 315 g/mol. The second-order valence-electron chi connectivity index (χ2n) is 4.72. The number of ether oxygens (including phenoxy) is 2. The van der Waals surface area contributed by atoms with Crippen LogP contribution in [0.2, 0.25) is 0 Å². The summed E-state index contributed by atoms with van der Waals surface area (Å²) in [5, 5.41) is 3.82. The Balaban J connectivity index is 1.74. The number of nitrogens with zero attached hydrogens (tertiary/aromatic N) is 3. The van der Waals surface area contributed by atoms with Gasteiger partial charge in [-0.2, -0.15) is 18.2 Å². The Morgan fingerprint density at radius 3 is 2.86 bits per heavy atom. The van der Waals surface area contributed by atoms with Crippen molar-refractivity contribution in [2.45, 2.75) is 25.1 Å². The van der Waals surface area contributed by atoms with Crippen molar-refractivity contribution in [1.29, 1.82) is 0 Å². The normalized spacial score (nSPS) is 18.6. The number of hydrogen-bond donors (Lipinski definition) is 0. The molecule has 0 unspecified atom stereocenters. The lowest BCUT2D eigenvalue weighted by atomic mass is 10.2. The Hall–Kier alpha value is -2.16. The lowest BCUT2D eigenvalue weighted by Gasteiger charge is -2.08. The SMILES string of the molecule is FC(F)(F)COc1cccc(-c2nc([C@@H]3CCCO3)no2)n1. The molecule has 0 N–H and O–H groups in total. The van der Waals surface area contributed by atoms with Crippen LogP contribution in [0.1, 0.15) is 24.8 Å². The van der Waals surface area contributed by atoms with Gasteiger partial charge in [-0.1, -0.05) is 11.2 Å². The molecule has 9 heteroatoms. The van der Waals surface area contributed by atoms with E-state index in [9.17, 15) is 13.2 Å². The Kier molecular flexibility index (Phi) is 3.97. The quantitative estimate of drug-likeness (QED) is 0.864. The standard InChI is InChI=1S/C13H12F3N3O3/c14-13(15,16)7-21-10-5-1-3-8(17-10)12-18-11(19-22-12)9-4-2-6-20-9/h1,3,5,9H,2,4,6-7H2/t9-/m0/s1. The number of hydrogen-bond acceptors (Lipinski definition) is 6. The molecule has 22 heavy (non-hydrogen) atoms. The smallest absolute Gasteiger partial charge is 0.422 e. The molecular formula is C13H12F3N3O3. The van der Waals surface area contributed by atoms with Crippen LogP contribution in [0.3, 0.4) is 0 Å². The topological polar surface area (TPSA) is 70.3 Å². The molecule has 1 saturated heterocycles. The van der Waals surface area contributed by atoms with Gasteiger partial charge in [-0.15, -0.1) is 0 Å². The third-order valence-corrected chi connectivity index (χ3v) is 2.99. The minimum atomic E-state index is -4.42. The fourth-order valence-corrected chi connectivity index (χ4v) is 2.02. The highest BCUT2D eigenvalue weighted by Crippen LogP contribution is 2.28. The Morgan fingerprint density at radius 2 is 2.14 bits per heavy atom. The summed E-state index contributed by atoms with van der Waals surface area (Å²) in [5.74, 6) is 0.366. The van der Waals surface area contributed by atoms with Crippen molar-refractivity contribution in [2.75, 3.05) is 13.2 Å². The van der Waals surface area contributed by atoms with Gasteiger partial charge in [-0.25, -0.2) is 4.98 Å². The average Bonchev–Trinajstić information content (AvgIpc) is 3.15. The fraction of sp³-hybridized carbons (Fsp3) is 0.462. The van der Waals surface area contributed by atoms with E-state index in [0.717, 1.165) is 12.8 Å². The Morgan fingerprint density at radius 1 is 1.27 bits per heavy atom. The van der Waals surface area contributed by atoms with Crippen molar-refractivity contribution in [2.24, 2.45) is 0 Å². The largest absolute Gasteiger partial charge is 0.468 e. The average molecular weight is 315 g/mol. The van der Waals surface area contributed by atoms with Gasteiger partial charge in [0.05, 0.1) is 0 Å². The number of rotatable bonds is 4. The first kappa shape index (κ1) is 14.8. The number of alkyl halides is 3. The van der Waals surface area contributed by atoms with Crippen molar-refractivity contribution in [3.8, 4) is 17.5 Å². The van der Waals surface area contributed by atoms with Crippen molar-refractivity contribution < 1.29 is 27.2 Å². The van der Waals surface area contributed by atoms with Gasteiger partial charge in [0.25, 0.3) is 5.89 Å². The lowest BCUT2D eigenvalue weighted by Crippen LogP contribution is -2.19. The van der Waals surface area contributed by atoms with E-state index in [4.69, 9.17) is 9.26 Å². The van der Waals surface area contributed by atoms with E-state index < -0.39 is 12.8 Å². The minimum Gasteiger partial charge on any atom is -0.468 e. The third-order valence-electron chi connectivity index (χ3n) is 2.99. The number of halogens is 3. The first-order chi connectivity index (χ1) is 10.5. The van der Waals surface area contributed by atoms with Crippen LogP contribution in [0.4, 0.5) is 13.2 Å². The summed E-state index contributed by atoms with van der Waals surface area (Å²) in [4.78, 5) is 8.10. The van der Waals surface area contributed by atoms with E-state index in [1.165, 1.54) is 12.1 Å². The van der Waals surface area contributed by atoms with E-state index in [2.05, 4.69) is 19.9 Å². The van der Waals surface area contributed by atoms with Gasteiger partial charge >= 0.3 is 6.18 Å². The van der Waals surface area contributed by atoms with Crippen LogP contribution < -0.4 is 4.74 Å². The van der Waals surface area contributed by atoms with Gasteiger partial charge in [-0.3, -0.25) is 0 Å². The second kappa shape index (κ2) is 5.91. The maximum atomic E-state index is 12.1. The molecule has 1 aliphatic rings. The summed E-state index contributed by atoms with van der Waals surface area (Å²) in [5.41, 5.74) is 0.247. The van der Waals surface area contributed by atoms with E-state index in [-0.39, 0.29) is 23.6 Å². The Labute approximate surface area is 123 Å².